The van der Waals surface area contributed by atoms with Crippen molar-refractivity contribution in [2.24, 2.45) is 0 Å². The van der Waals surface area contributed by atoms with Gasteiger partial charge in [-0.15, -0.1) is 0 Å². The first-order valence-corrected chi connectivity index (χ1v) is 8.19. The molecule has 6 nitrogen and oxygen atoms in total. The number of aromatic nitrogens is 2. The fourth-order valence-corrected chi connectivity index (χ4v) is 2.15. The summed E-state index contributed by atoms with van der Waals surface area (Å²) in [6, 6.07) is 8.64. The minimum Gasteiger partial charge on any atom is -0.477 e. The summed E-state index contributed by atoms with van der Waals surface area (Å²) >= 11 is 0. The molecule has 0 aromatic carbocycles. The molecule has 2 heterocycles. The molecule has 0 aliphatic heterocycles. The van der Waals surface area contributed by atoms with Gasteiger partial charge in [0, 0.05) is 43.5 Å². The summed E-state index contributed by atoms with van der Waals surface area (Å²) in [4.78, 5) is 27.8. The molecule has 24 heavy (non-hydrogen) atoms. The molecule has 0 spiro atoms. The van der Waals surface area contributed by atoms with Gasteiger partial charge in [-0.25, -0.2) is 4.98 Å². The predicted molar refractivity (Wildman–Crippen MR) is 91.8 cm³/mol. The number of aryl methyl sites for hydroxylation is 1. The fourth-order valence-electron chi connectivity index (χ4n) is 2.15. The normalized spacial score (nSPS) is 10.4. The Hall–Kier alpha value is -2.63. The summed E-state index contributed by atoms with van der Waals surface area (Å²) in [5.41, 5.74) is 0.739. The van der Waals surface area contributed by atoms with E-state index >= 15 is 0 Å². The van der Waals surface area contributed by atoms with Gasteiger partial charge in [0.15, 0.2) is 0 Å². The third-order valence-electron chi connectivity index (χ3n) is 3.54. The second-order valence-corrected chi connectivity index (χ2v) is 5.43. The molecule has 2 aromatic heterocycles. The summed E-state index contributed by atoms with van der Waals surface area (Å²) in [6.45, 7) is 3.43. The molecule has 1 N–H and O–H groups in total. The lowest BCUT2D eigenvalue weighted by atomic mass is 10.2. The van der Waals surface area contributed by atoms with Crippen LogP contribution in [0.4, 0.5) is 0 Å². The largest absolute Gasteiger partial charge is 0.477 e. The van der Waals surface area contributed by atoms with Crippen molar-refractivity contribution in [3.8, 4) is 5.88 Å². The number of nitrogens with zero attached hydrogens (tertiary/aromatic N) is 2. The zero-order valence-electron chi connectivity index (χ0n) is 13.9. The minimum atomic E-state index is -0.117. The number of carbonyl (C=O) groups excluding carboxylic acids is 1. The van der Waals surface area contributed by atoms with Gasteiger partial charge < -0.3 is 14.6 Å². The van der Waals surface area contributed by atoms with Crippen LogP contribution >= 0.6 is 0 Å². The highest BCUT2D eigenvalue weighted by Gasteiger charge is 2.07. The van der Waals surface area contributed by atoms with E-state index in [1.54, 1.807) is 24.5 Å². The monoisotopic (exact) mass is 329 g/mol. The molecule has 0 unspecified atom stereocenters. The minimum absolute atomic E-state index is 0.107. The number of nitrogens with one attached hydrogen (secondary N) is 1. The van der Waals surface area contributed by atoms with Crippen molar-refractivity contribution < 1.29 is 9.53 Å². The number of carbonyl (C=O) groups is 1. The van der Waals surface area contributed by atoms with E-state index in [1.165, 1.54) is 10.6 Å². The zero-order chi connectivity index (χ0) is 17.2. The average molecular weight is 329 g/mol. The third-order valence-corrected chi connectivity index (χ3v) is 3.54. The Morgan fingerprint density at radius 2 is 2.17 bits per heavy atom. The van der Waals surface area contributed by atoms with Crippen molar-refractivity contribution in [1.29, 1.82) is 0 Å². The van der Waals surface area contributed by atoms with Crippen LogP contribution in [0.15, 0.2) is 47.5 Å². The molecule has 6 heteroatoms. The summed E-state index contributed by atoms with van der Waals surface area (Å²) < 4.78 is 7.16. The van der Waals surface area contributed by atoms with Crippen LogP contribution in [0.3, 0.4) is 0 Å². The van der Waals surface area contributed by atoms with Crippen molar-refractivity contribution >= 4 is 5.91 Å². The van der Waals surface area contributed by atoms with E-state index in [1.807, 2.05) is 12.1 Å². The Morgan fingerprint density at radius 1 is 1.29 bits per heavy atom. The van der Waals surface area contributed by atoms with E-state index in [-0.39, 0.29) is 17.9 Å². The maximum absolute atomic E-state index is 12.0. The van der Waals surface area contributed by atoms with Gasteiger partial charge in [0.1, 0.15) is 0 Å². The van der Waals surface area contributed by atoms with Crippen LogP contribution in [-0.2, 0) is 17.9 Å². The number of hydrogen-bond donors (Lipinski definition) is 1. The van der Waals surface area contributed by atoms with Gasteiger partial charge in [0.25, 0.3) is 5.56 Å². The van der Waals surface area contributed by atoms with Crippen molar-refractivity contribution in [2.75, 3.05) is 6.61 Å². The Kier molecular flexibility index (Phi) is 7.01. The highest BCUT2D eigenvalue weighted by atomic mass is 16.5. The Balaban J connectivity index is 1.83. The summed E-state index contributed by atoms with van der Waals surface area (Å²) in [5.74, 6) is 0.444. The fraction of sp³-hybridized carbons (Fsp3) is 0.389. The van der Waals surface area contributed by atoms with Crippen molar-refractivity contribution in [2.45, 2.75) is 39.3 Å². The molecule has 0 atom stereocenters. The first-order chi connectivity index (χ1) is 11.7. The molecule has 0 saturated heterocycles. The molecule has 0 aliphatic carbocycles. The second-order valence-electron chi connectivity index (χ2n) is 5.43. The quantitative estimate of drug-likeness (QED) is 0.715. The molecule has 0 bridgehead atoms. The van der Waals surface area contributed by atoms with Gasteiger partial charge in [-0.05, 0) is 18.6 Å². The third kappa shape index (κ3) is 5.53. The molecule has 0 radical (unpaired) electrons. The number of amides is 1. The van der Waals surface area contributed by atoms with E-state index < -0.39 is 0 Å². The lowest BCUT2D eigenvalue weighted by molar-refractivity contribution is -0.121. The molecule has 0 fully saturated rings. The maximum atomic E-state index is 12.0. The highest BCUT2D eigenvalue weighted by molar-refractivity contribution is 5.75. The lowest BCUT2D eigenvalue weighted by Gasteiger charge is -2.11. The van der Waals surface area contributed by atoms with E-state index in [9.17, 15) is 9.59 Å². The standard InChI is InChI=1S/C18H23N3O3/c1-2-3-13-24-18-15(7-6-10-19-18)14-20-16(22)9-12-21-11-5-4-8-17(21)23/h4-8,10-11H,2-3,9,12-14H2,1H3,(H,20,22). The molecule has 2 rings (SSSR count). The van der Waals surface area contributed by atoms with Gasteiger partial charge in [-0.2, -0.15) is 0 Å². The maximum Gasteiger partial charge on any atom is 0.250 e. The van der Waals surface area contributed by atoms with Gasteiger partial charge in [-0.1, -0.05) is 25.5 Å². The zero-order valence-corrected chi connectivity index (χ0v) is 13.9. The molecule has 1 amide bonds. The Morgan fingerprint density at radius 3 is 2.96 bits per heavy atom. The molecule has 128 valence electrons. The molecule has 0 saturated carbocycles. The van der Waals surface area contributed by atoms with Crippen LogP contribution < -0.4 is 15.6 Å². The van der Waals surface area contributed by atoms with Crippen LogP contribution in [0.25, 0.3) is 0 Å². The predicted octanol–water partition coefficient (Wildman–Crippen LogP) is 2.13. The van der Waals surface area contributed by atoms with E-state index in [2.05, 4.69) is 17.2 Å². The number of rotatable bonds is 9. The number of ether oxygens (including phenoxy) is 1. The van der Waals surface area contributed by atoms with E-state index in [0.717, 1.165) is 18.4 Å². The van der Waals surface area contributed by atoms with Crippen molar-refractivity contribution in [1.82, 2.24) is 14.9 Å². The Labute approximate surface area is 141 Å². The highest BCUT2D eigenvalue weighted by Crippen LogP contribution is 2.14. The first-order valence-electron chi connectivity index (χ1n) is 8.19. The lowest BCUT2D eigenvalue weighted by Crippen LogP contribution is -2.26. The van der Waals surface area contributed by atoms with Crippen molar-refractivity contribution in [3.05, 3.63) is 58.6 Å². The molecule has 0 aliphatic rings. The molecular formula is C18H23N3O3. The van der Waals surface area contributed by atoms with Crippen LogP contribution in [0.5, 0.6) is 5.88 Å². The van der Waals surface area contributed by atoms with Gasteiger partial charge >= 0.3 is 0 Å². The van der Waals surface area contributed by atoms with Crippen LogP contribution in [0.2, 0.25) is 0 Å². The van der Waals surface area contributed by atoms with Gasteiger partial charge in [-0.3, -0.25) is 9.59 Å². The molecule has 2 aromatic rings. The Bertz CT molecular complexity index is 712. The summed E-state index contributed by atoms with van der Waals surface area (Å²) in [7, 11) is 0. The van der Waals surface area contributed by atoms with Crippen molar-refractivity contribution in [3.63, 3.8) is 0 Å². The summed E-state index contributed by atoms with van der Waals surface area (Å²) in [6.07, 6.45) is 5.62. The van der Waals surface area contributed by atoms with Gasteiger partial charge in [0.2, 0.25) is 11.8 Å². The second kappa shape index (κ2) is 9.50. The topological polar surface area (TPSA) is 73.2 Å². The average Bonchev–Trinajstić information content (AvgIpc) is 2.60. The SMILES string of the molecule is CCCCOc1ncccc1CNC(=O)CCn1ccccc1=O. The number of pyridine rings is 2. The number of hydrogen-bond acceptors (Lipinski definition) is 4. The smallest absolute Gasteiger partial charge is 0.250 e. The summed E-state index contributed by atoms with van der Waals surface area (Å²) in [5, 5.41) is 2.85. The number of unbranched alkanes of at least 4 members (excludes halogenated alkanes) is 1. The van der Waals surface area contributed by atoms with Crippen LogP contribution in [0, 0.1) is 0 Å². The molecular weight excluding hydrogens is 306 g/mol. The van der Waals surface area contributed by atoms with Crippen LogP contribution in [-0.4, -0.2) is 22.1 Å². The first kappa shape index (κ1) is 17.7. The van der Waals surface area contributed by atoms with E-state index in [4.69, 9.17) is 4.74 Å². The van der Waals surface area contributed by atoms with E-state index in [0.29, 0.717) is 25.6 Å². The van der Waals surface area contributed by atoms with Gasteiger partial charge in [0.05, 0.1) is 6.61 Å². The van der Waals surface area contributed by atoms with Crippen LogP contribution in [0.1, 0.15) is 31.7 Å².